The van der Waals surface area contributed by atoms with Gasteiger partial charge in [0.2, 0.25) is 0 Å². The third kappa shape index (κ3) is 2.22. The van der Waals surface area contributed by atoms with E-state index in [-0.39, 0.29) is 6.04 Å². The average Bonchev–Trinajstić information content (AvgIpc) is 2.77. The Morgan fingerprint density at radius 3 is 2.65 bits per heavy atom. The number of aromatic nitrogens is 3. The Kier molecular flexibility index (Phi) is 3.24. The largest absolute Gasteiger partial charge is 0.322 e. The summed E-state index contributed by atoms with van der Waals surface area (Å²) in [6.07, 6.45) is 7.25. The number of hydrogen-bond donors (Lipinski definition) is 1. The van der Waals surface area contributed by atoms with Gasteiger partial charge in [0.05, 0.1) is 30.1 Å². The first-order valence-corrected chi connectivity index (χ1v) is 5.80. The third-order valence-electron chi connectivity index (χ3n) is 3.00. The number of pyridine rings is 1. The van der Waals surface area contributed by atoms with Crippen LogP contribution in [0, 0.1) is 12.8 Å². The molecule has 2 N–H and O–H groups in total. The monoisotopic (exact) mass is 230 g/mol. The minimum Gasteiger partial charge on any atom is -0.322 e. The fraction of sp³-hybridized carbons (Fsp3) is 0.385. The molecule has 0 saturated heterocycles. The van der Waals surface area contributed by atoms with Crippen molar-refractivity contribution >= 4 is 0 Å². The first kappa shape index (κ1) is 11.8. The standard InChI is InChI=1S/C13H18N4/c1-9(2)13(14)12-7-16-8-17(12)11-6-15-5-4-10(11)3/h4-9,13H,14H2,1-3H3. The second kappa shape index (κ2) is 4.67. The van der Waals surface area contributed by atoms with Crippen LogP contribution in [-0.4, -0.2) is 14.5 Å². The third-order valence-corrected chi connectivity index (χ3v) is 3.00. The molecule has 2 heterocycles. The molecule has 4 nitrogen and oxygen atoms in total. The highest BCUT2D eigenvalue weighted by Crippen LogP contribution is 2.22. The molecule has 0 aliphatic heterocycles. The highest BCUT2D eigenvalue weighted by molar-refractivity contribution is 5.39. The number of nitrogens with two attached hydrogens (primary N) is 1. The Labute approximate surface area is 102 Å². The van der Waals surface area contributed by atoms with Crippen LogP contribution in [0.4, 0.5) is 0 Å². The van der Waals surface area contributed by atoms with Gasteiger partial charge in [0, 0.05) is 12.2 Å². The summed E-state index contributed by atoms with van der Waals surface area (Å²) in [6.45, 7) is 6.28. The highest BCUT2D eigenvalue weighted by atomic mass is 15.1. The van der Waals surface area contributed by atoms with E-state index < -0.39 is 0 Å². The van der Waals surface area contributed by atoms with Gasteiger partial charge in [-0.15, -0.1) is 0 Å². The van der Waals surface area contributed by atoms with Crippen LogP contribution >= 0.6 is 0 Å². The van der Waals surface area contributed by atoms with Crippen LogP contribution in [0.25, 0.3) is 5.69 Å². The molecule has 17 heavy (non-hydrogen) atoms. The Morgan fingerprint density at radius 1 is 1.24 bits per heavy atom. The molecule has 4 heteroatoms. The predicted octanol–water partition coefficient (Wildman–Crippen LogP) is 2.23. The molecule has 0 amide bonds. The number of rotatable bonds is 3. The normalized spacial score (nSPS) is 13.0. The van der Waals surface area contributed by atoms with Crippen molar-refractivity contribution in [2.24, 2.45) is 11.7 Å². The van der Waals surface area contributed by atoms with Gasteiger partial charge in [-0.1, -0.05) is 13.8 Å². The van der Waals surface area contributed by atoms with E-state index >= 15 is 0 Å². The van der Waals surface area contributed by atoms with Gasteiger partial charge in [0.15, 0.2) is 0 Å². The molecule has 0 aliphatic rings. The number of hydrogen-bond acceptors (Lipinski definition) is 3. The van der Waals surface area contributed by atoms with Crippen molar-refractivity contribution in [3.8, 4) is 5.69 Å². The van der Waals surface area contributed by atoms with Crippen molar-refractivity contribution in [3.63, 3.8) is 0 Å². The van der Waals surface area contributed by atoms with E-state index in [0.29, 0.717) is 5.92 Å². The molecule has 90 valence electrons. The van der Waals surface area contributed by atoms with E-state index in [2.05, 4.69) is 30.7 Å². The highest BCUT2D eigenvalue weighted by Gasteiger charge is 2.16. The summed E-state index contributed by atoms with van der Waals surface area (Å²) in [6, 6.07) is 1.97. The van der Waals surface area contributed by atoms with E-state index in [1.165, 1.54) is 0 Å². The van der Waals surface area contributed by atoms with Gasteiger partial charge >= 0.3 is 0 Å². The molecule has 0 fully saturated rings. The first-order chi connectivity index (χ1) is 8.11. The van der Waals surface area contributed by atoms with Gasteiger partial charge in [-0.3, -0.25) is 9.55 Å². The summed E-state index contributed by atoms with van der Waals surface area (Å²) in [5.41, 5.74) is 9.41. The van der Waals surface area contributed by atoms with Gasteiger partial charge in [0.25, 0.3) is 0 Å². The molecule has 0 bridgehead atoms. The Bertz CT molecular complexity index is 502. The minimum absolute atomic E-state index is 0.0166. The molecule has 2 aromatic heterocycles. The molecule has 2 rings (SSSR count). The smallest absolute Gasteiger partial charge is 0.0995 e. The minimum atomic E-state index is -0.0166. The van der Waals surface area contributed by atoms with E-state index in [1.54, 1.807) is 12.5 Å². The lowest BCUT2D eigenvalue weighted by Crippen LogP contribution is -2.20. The quantitative estimate of drug-likeness (QED) is 0.879. The molecule has 1 unspecified atom stereocenters. The molecule has 1 atom stereocenters. The maximum absolute atomic E-state index is 6.19. The number of aryl methyl sites for hydroxylation is 1. The van der Waals surface area contributed by atoms with E-state index in [9.17, 15) is 0 Å². The molecule has 0 aromatic carbocycles. The van der Waals surface area contributed by atoms with Crippen LogP contribution < -0.4 is 5.73 Å². The number of imidazole rings is 1. The fourth-order valence-corrected chi connectivity index (χ4v) is 1.80. The Morgan fingerprint density at radius 2 is 2.00 bits per heavy atom. The summed E-state index contributed by atoms with van der Waals surface area (Å²) in [7, 11) is 0. The van der Waals surface area contributed by atoms with Crippen LogP contribution in [0.1, 0.15) is 31.1 Å². The Hall–Kier alpha value is -1.68. The van der Waals surface area contributed by atoms with Crippen LogP contribution in [0.3, 0.4) is 0 Å². The molecule has 0 saturated carbocycles. The van der Waals surface area contributed by atoms with Crippen molar-refractivity contribution in [1.82, 2.24) is 14.5 Å². The fourth-order valence-electron chi connectivity index (χ4n) is 1.80. The van der Waals surface area contributed by atoms with Gasteiger partial charge in [-0.25, -0.2) is 4.98 Å². The maximum atomic E-state index is 6.19. The molecule has 0 aliphatic carbocycles. The summed E-state index contributed by atoms with van der Waals surface area (Å²) >= 11 is 0. The van der Waals surface area contributed by atoms with Crippen molar-refractivity contribution in [1.29, 1.82) is 0 Å². The second-order valence-electron chi connectivity index (χ2n) is 4.62. The zero-order chi connectivity index (χ0) is 12.4. The SMILES string of the molecule is Cc1ccncc1-n1cncc1C(N)C(C)C. The zero-order valence-electron chi connectivity index (χ0n) is 10.5. The Balaban J connectivity index is 2.48. The molecular weight excluding hydrogens is 212 g/mol. The van der Waals surface area contributed by atoms with Crippen LogP contribution in [0.2, 0.25) is 0 Å². The van der Waals surface area contributed by atoms with Gasteiger partial charge in [-0.05, 0) is 24.5 Å². The topological polar surface area (TPSA) is 56.7 Å². The van der Waals surface area contributed by atoms with Crippen LogP contribution in [-0.2, 0) is 0 Å². The van der Waals surface area contributed by atoms with Crippen molar-refractivity contribution in [2.75, 3.05) is 0 Å². The van der Waals surface area contributed by atoms with E-state index in [0.717, 1.165) is 16.9 Å². The van der Waals surface area contributed by atoms with Gasteiger partial charge in [-0.2, -0.15) is 0 Å². The van der Waals surface area contributed by atoms with Gasteiger partial charge in [0.1, 0.15) is 0 Å². The molecule has 0 radical (unpaired) electrons. The first-order valence-electron chi connectivity index (χ1n) is 5.80. The van der Waals surface area contributed by atoms with Crippen molar-refractivity contribution in [2.45, 2.75) is 26.8 Å². The van der Waals surface area contributed by atoms with Crippen LogP contribution in [0.15, 0.2) is 31.0 Å². The summed E-state index contributed by atoms with van der Waals surface area (Å²) in [4.78, 5) is 8.36. The average molecular weight is 230 g/mol. The molecule has 2 aromatic rings. The summed E-state index contributed by atoms with van der Waals surface area (Å²) < 4.78 is 2.02. The lowest BCUT2D eigenvalue weighted by atomic mass is 10.0. The maximum Gasteiger partial charge on any atom is 0.0995 e. The predicted molar refractivity (Wildman–Crippen MR) is 67.9 cm³/mol. The molecule has 0 spiro atoms. The summed E-state index contributed by atoms with van der Waals surface area (Å²) in [5.74, 6) is 0.377. The van der Waals surface area contributed by atoms with Gasteiger partial charge < -0.3 is 5.73 Å². The van der Waals surface area contributed by atoms with Crippen molar-refractivity contribution < 1.29 is 0 Å². The zero-order valence-corrected chi connectivity index (χ0v) is 10.5. The second-order valence-corrected chi connectivity index (χ2v) is 4.62. The number of nitrogens with zero attached hydrogens (tertiary/aromatic N) is 3. The summed E-state index contributed by atoms with van der Waals surface area (Å²) in [5, 5.41) is 0. The van der Waals surface area contributed by atoms with E-state index in [4.69, 9.17) is 5.73 Å². The molecular formula is C13H18N4. The van der Waals surface area contributed by atoms with Crippen LogP contribution in [0.5, 0.6) is 0 Å². The lowest BCUT2D eigenvalue weighted by molar-refractivity contribution is 0.496. The van der Waals surface area contributed by atoms with E-state index in [1.807, 2.05) is 23.0 Å². The lowest BCUT2D eigenvalue weighted by Gasteiger charge is -2.18. The van der Waals surface area contributed by atoms with Crippen molar-refractivity contribution in [3.05, 3.63) is 42.2 Å².